The maximum atomic E-state index is 12.6. The lowest BCUT2D eigenvalue weighted by Crippen LogP contribution is -2.58. The molecule has 1 atom stereocenters. The maximum absolute atomic E-state index is 12.6. The molecule has 24 heavy (non-hydrogen) atoms. The van der Waals surface area contributed by atoms with Crippen LogP contribution in [0.5, 0.6) is 0 Å². The summed E-state index contributed by atoms with van der Waals surface area (Å²) in [6, 6.07) is 1.56. The van der Waals surface area contributed by atoms with E-state index in [1.807, 2.05) is 26.8 Å². The fraction of sp³-hybridized carbons (Fsp3) is 0.562. The number of piperazine rings is 1. The summed E-state index contributed by atoms with van der Waals surface area (Å²) in [7, 11) is 0. The van der Waals surface area contributed by atoms with Gasteiger partial charge in [0.05, 0.1) is 0 Å². The van der Waals surface area contributed by atoms with Crippen LogP contribution < -0.4 is 5.32 Å². The molecule has 0 bridgehead atoms. The number of amides is 2. The highest BCUT2D eigenvalue weighted by atomic mass is 79.9. The summed E-state index contributed by atoms with van der Waals surface area (Å²) in [6.45, 7) is 7.58. The predicted octanol–water partition coefficient (Wildman–Crippen LogP) is 2.22. The van der Waals surface area contributed by atoms with Crippen molar-refractivity contribution in [1.29, 1.82) is 0 Å². The summed E-state index contributed by atoms with van der Waals surface area (Å²) in [4.78, 5) is 32.8. The minimum Gasteiger partial charge on any atom is -0.444 e. The lowest BCUT2D eigenvalue weighted by Gasteiger charge is -2.39. The molecule has 0 aromatic carbocycles. The zero-order valence-corrected chi connectivity index (χ0v) is 15.6. The maximum Gasteiger partial charge on any atom is 0.410 e. The number of nitrogens with zero attached hydrogens (tertiary/aromatic N) is 3. The monoisotopic (exact) mass is 396 g/mol. The number of anilines is 1. The molecule has 0 saturated carbocycles. The van der Waals surface area contributed by atoms with Crippen molar-refractivity contribution < 1.29 is 14.3 Å². The van der Waals surface area contributed by atoms with Crippen LogP contribution in [-0.4, -0.2) is 58.1 Å². The topological polar surface area (TPSA) is 74.8 Å². The van der Waals surface area contributed by atoms with Crippen LogP contribution in [0.1, 0.15) is 26.3 Å². The first-order chi connectivity index (χ1) is 11.2. The largest absolute Gasteiger partial charge is 0.444 e. The summed E-state index contributed by atoms with van der Waals surface area (Å²) in [5.41, 5.74) is 0.415. The Kier molecular flexibility index (Phi) is 4.52. The molecule has 1 aromatic heterocycles. The SMILES string of the molecule is CC(C)(C)OC(=O)N1CCN2Cc3cc(Br)cnc3NC(=O)C2C1. The number of carbonyl (C=O) groups is 2. The lowest BCUT2D eigenvalue weighted by atomic mass is 10.1. The Balaban J connectivity index is 1.76. The van der Waals surface area contributed by atoms with Crippen LogP contribution in [0.4, 0.5) is 10.6 Å². The molecule has 1 N–H and O–H groups in total. The zero-order valence-electron chi connectivity index (χ0n) is 14.0. The Morgan fingerprint density at radius 3 is 2.88 bits per heavy atom. The molecule has 0 spiro atoms. The molecule has 8 heteroatoms. The second kappa shape index (κ2) is 6.33. The summed E-state index contributed by atoms with van der Waals surface area (Å²) in [5.74, 6) is 0.443. The highest BCUT2D eigenvalue weighted by Gasteiger charge is 2.38. The van der Waals surface area contributed by atoms with Crippen molar-refractivity contribution in [2.45, 2.75) is 39.0 Å². The van der Waals surface area contributed by atoms with Gasteiger partial charge in [-0.3, -0.25) is 9.69 Å². The average Bonchev–Trinajstić information content (AvgIpc) is 2.61. The van der Waals surface area contributed by atoms with Crippen molar-refractivity contribution in [3.05, 3.63) is 22.3 Å². The normalized spacial score (nSPS) is 21.4. The van der Waals surface area contributed by atoms with Gasteiger partial charge in [0.1, 0.15) is 17.5 Å². The molecule has 0 aliphatic carbocycles. The Morgan fingerprint density at radius 2 is 2.17 bits per heavy atom. The molecule has 1 aromatic rings. The van der Waals surface area contributed by atoms with Crippen molar-refractivity contribution >= 4 is 33.7 Å². The van der Waals surface area contributed by atoms with E-state index in [1.165, 1.54) is 0 Å². The molecular weight excluding hydrogens is 376 g/mol. The lowest BCUT2D eigenvalue weighted by molar-refractivity contribution is -0.123. The number of hydrogen-bond acceptors (Lipinski definition) is 5. The molecule has 3 rings (SSSR count). The van der Waals surface area contributed by atoms with Gasteiger partial charge in [-0.15, -0.1) is 0 Å². The van der Waals surface area contributed by atoms with E-state index < -0.39 is 11.6 Å². The van der Waals surface area contributed by atoms with Gasteiger partial charge >= 0.3 is 6.09 Å². The number of fused-ring (bicyclic) bond motifs is 2. The van der Waals surface area contributed by atoms with E-state index in [-0.39, 0.29) is 12.0 Å². The number of nitrogens with one attached hydrogen (secondary N) is 1. The molecule has 130 valence electrons. The minimum absolute atomic E-state index is 0.142. The molecule has 1 saturated heterocycles. The van der Waals surface area contributed by atoms with Gasteiger partial charge in [0, 0.05) is 42.4 Å². The van der Waals surface area contributed by atoms with Gasteiger partial charge in [0.15, 0.2) is 0 Å². The van der Waals surface area contributed by atoms with E-state index in [9.17, 15) is 9.59 Å². The first-order valence-corrected chi connectivity index (χ1v) is 8.69. The van der Waals surface area contributed by atoms with Gasteiger partial charge in [-0.25, -0.2) is 9.78 Å². The average molecular weight is 397 g/mol. The molecule has 7 nitrogen and oxygen atoms in total. The van der Waals surface area contributed by atoms with Crippen LogP contribution in [0, 0.1) is 0 Å². The number of pyridine rings is 1. The van der Waals surface area contributed by atoms with Gasteiger partial charge in [-0.2, -0.15) is 0 Å². The number of ether oxygens (including phenoxy) is 1. The molecule has 1 unspecified atom stereocenters. The Morgan fingerprint density at radius 1 is 1.42 bits per heavy atom. The van der Waals surface area contributed by atoms with Crippen molar-refractivity contribution in [2.75, 3.05) is 25.0 Å². The molecule has 2 aliphatic heterocycles. The van der Waals surface area contributed by atoms with Crippen LogP contribution in [0.25, 0.3) is 0 Å². The Labute approximate surface area is 149 Å². The highest BCUT2D eigenvalue weighted by molar-refractivity contribution is 9.10. The number of carbonyl (C=O) groups excluding carboxylic acids is 2. The fourth-order valence-electron chi connectivity index (χ4n) is 2.88. The van der Waals surface area contributed by atoms with Crippen molar-refractivity contribution in [3.63, 3.8) is 0 Å². The van der Waals surface area contributed by atoms with Crippen LogP contribution >= 0.6 is 15.9 Å². The molecule has 0 radical (unpaired) electrons. The molecule has 2 aliphatic rings. The molecule has 2 amide bonds. The van der Waals surface area contributed by atoms with Crippen molar-refractivity contribution in [3.8, 4) is 0 Å². The summed E-state index contributed by atoms with van der Waals surface area (Å²) in [6.07, 6.45) is 1.29. The quantitative estimate of drug-likeness (QED) is 0.727. The van der Waals surface area contributed by atoms with Crippen LogP contribution in [-0.2, 0) is 16.1 Å². The van der Waals surface area contributed by atoms with E-state index in [0.717, 1.165) is 10.0 Å². The van der Waals surface area contributed by atoms with Gasteiger partial charge in [-0.05, 0) is 42.8 Å². The Hall–Kier alpha value is -1.67. The predicted molar refractivity (Wildman–Crippen MR) is 92.6 cm³/mol. The number of hydrogen-bond donors (Lipinski definition) is 1. The van der Waals surface area contributed by atoms with Crippen LogP contribution in [0.2, 0.25) is 0 Å². The van der Waals surface area contributed by atoms with Crippen molar-refractivity contribution in [2.24, 2.45) is 0 Å². The van der Waals surface area contributed by atoms with Crippen LogP contribution in [0.3, 0.4) is 0 Å². The second-order valence-corrected chi connectivity index (χ2v) is 7.98. The minimum atomic E-state index is -0.549. The van der Waals surface area contributed by atoms with Crippen molar-refractivity contribution in [1.82, 2.24) is 14.8 Å². The molecular formula is C16H21BrN4O3. The summed E-state index contributed by atoms with van der Waals surface area (Å²) in [5, 5.41) is 2.87. The molecule has 3 heterocycles. The Bertz CT molecular complexity index is 674. The van der Waals surface area contributed by atoms with E-state index in [0.29, 0.717) is 32.0 Å². The van der Waals surface area contributed by atoms with E-state index in [2.05, 4.69) is 31.1 Å². The summed E-state index contributed by atoms with van der Waals surface area (Å²) >= 11 is 3.41. The first kappa shape index (κ1) is 17.2. The fourth-order valence-corrected chi connectivity index (χ4v) is 3.26. The third kappa shape index (κ3) is 3.70. The summed E-state index contributed by atoms with van der Waals surface area (Å²) < 4.78 is 6.30. The zero-order chi connectivity index (χ0) is 17.5. The highest BCUT2D eigenvalue weighted by Crippen LogP contribution is 2.26. The van der Waals surface area contributed by atoms with Gasteiger partial charge in [0.25, 0.3) is 0 Å². The standard InChI is InChI=1S/C16H21BrN4O3/c1-16(2,3)24-15(23)21-5-4-20-8-10-6-11(17)7-18-13(10)19-14(22)12(20)9-21/h6-7,12H,4-5,8-9H2,1-3H3,(H,18,19,22). The van der Waals surface area contributed by atoms with Gasteiger partial charge < -0.3 is 15.0 Å². The van der Waals surface area contributed by atoms with Gasteiger partial charge in [-0.1, -0.05) is 0 Å². The van der Waals surface area contributed by atoms with Gasteiger partial charge in [0.2, 0.25) is 5.91 Å². The number of halogens is 1. The van der Waals surface area contributed by atoms with E-state index in [1.54, 1.807) is 11.1 Å². The number of rotatable bonds is 0. The smallest absolute Gasteiger partial charge is 0.410 e. The van der Waals surface area contributed by atoms with E-state index >= 15 is 0 Å². The third-order valence-electron chi connectivity index (χ3n) is 3.99. The second-order valence-electron chi connectivity index (χ2n) is 7.06. The van der Waals surface area contributed by atoms with E-state index in [4.69, 9.17) is 4.74 Å². The number of aromatic nitrogens is 1. The first-order valence-electron chi connectivity index (χ1n) is 7.90. The van der Waals surface area contributed by atoms with Crippen LogP contribution in [0.15, 0.2) is 16.7 Å². The third-order valence-corrected chi connectivity index (χ3v) is 4.43. The molecule has 1 fully saturated rings.